The fourth-order valence-corrected chi connectivity index (χ4v) is 1.53. The summed E-state index contributed by atoms with van der Waals surface area (Å²) in [6.07, 6.45) is -0.415. The van der Waals surface area contributed by atoms with Crippen molar-refractivity contribution in [1.82, 2.24) is 4.90 Å². The molecule has 1 aromatic carbocycles. The molecule has 106 valence electrons. The first-order chi connectivity index (χ1) is 8.81. The van der Waals surface area contributed by atoms with E-state index in [1.165, 1.54) is 17.0 Å². The van der Waals surface area contributed by atoms with Crippen molar-refractivity contribution in [2.24, 2.45) is 5.73 Å². The quantitative estimate of drug-likeness (QED) is 0.913. The van der Waals surface area contributed by atoms with E-state index in [-0.39, 0.29) is 5.82 Å². The first-order valence-corrected chi connectivity index (χ1v) is 6.24. The molecule has 19 heavy (non-hydrogen) atoms. The molecule has 0 unspecified atom stereocenters. The lowest BCUT2D eigenvalue weighted by atomic mass is 10.2. The summed E-state index contributed by atoms with van der Waals surface area (Å²) in [5.41, 5.74) is 5.78. The number of hydrogen-bond acceptors (Lipinski definition) is 3. The molecular formula is C14H21FN2O2. The summed E-state index contributed by atoms with van der Waals surface area (Å²) in [4.78, 5) is 13.5. The van der Waals surface area contributed by atoms with Gasteiger partial charge in [-0.25, -0.2) is 9.18 Å². The van der Waals surface area contributed by atoms with E-state index in [4.69, 9.17) is 10.5 Å². The summed E-state index contributed by atoms with van der Waals surface area (Å²) < 4.78 is 18.1. The Morgan fingerprint density at radius 2 is 1.89 bits per heavy atom. The van der Waals surface area contributed by atoms with Crippen LogP contribution in [0.3, 0.4) is 0 Å². The molecule has 0 saturated carbocycles. The van der Waals surface area contributed by atoms with Gasteiger partial charge in [0.25, 0.3) is 0 Å². The number of nitrogens with zero attached hydrogens (tertiary/aromatic N) is 1. The molecule has 1 rings (SSSR count). The summed E-state index contributed by atoms with van der Waals surface area (Å²) in [6, 6.07) is 6.02. The van der Waals surface area contributed by atoms with Crippen LogP contribution in [0, 0.1) is 5.82 Å². The van der Waals surface area contributed by atoms with Crippen LogP contribution in [0.2, 0.25) is 0 Å². The second-order valence-corrected chi connectivity index (χ2v) is 5.32. The Morgan fingerprint density at radius 1 is 1.32 bits per heavy atom. The van der Waals surface area contributed by atoms with Gasteiger partial charge in [0.15, 0.2) is 0 Å². The molecule has 0 heterocycles. The zero-order valence-electron chi connectivity index (χ0n) is 11.6. The molecule has 0 aliphatic heterocycles. The monoisotopic (exact) mass is 268 g/mol. The summed E-state index contributed by atoms with van der Waals surface area (Å²) in [5.74, 6) is -0.300. The normalized spacial score (nSPS) is 11.2. The molecule has 0 saturated heterocycles. The lowest BCUT2D eigenvalue weighted by molar-refractivity contribution is 0.0239. The maximum atomic E-state index is 12.8. The molecule has 0 aromatic heterocycles. The summed E-state index contributed by atoms with van der Waals surface area (Å²) in [6.45, 7) is 6.52. The Hall–Kier alpha value is -1.62. The number of nitrogens with two attached hydrogens (primary N) is 1. The molecule has 2 N–H and O–H groups in total. The van der Waals surface area contributed by atoms with Crippen LogP contribution in [0.4, 0.5) is 9.18 Å². The second-order valence-electron chi connectivity index (χ2n) is 5.32. The predicted octanol–water partition coefficient (Wildman–Crippen LogP) is 2.52. The Morgan fingerprint density at radius 3 is 2.37 bits per heavy atom. The SMILES string of the molecule is CC(C)(C)OC(=O)N(CCN)Cc1ccc(F)cc1. The summed E-state index contributed by atoms with van der Waals surface area (Å²) >= 11 is 0. The number of benzene rings is 1. The van der Waals surface area contributed by atoms with E-state index < -0.39 is 11.7 Å². The minimum atomic E-state index is -0.549. The zero-order chi connectivity index (χ0) is 14.5. The van der Waals surface area contributed by atoms with Gasteiger partial charge in [-0.05, 0) is 38.5 Å². The number of hydrogen-bond donors (Lipinski definition) is 1. The van der Waals surface area contributed by atoms with Crippen LogP contribution in [0.15, 0.2) is 24.3 Å². The maximum absolute atomic E-state index is 12.8. The van der Waals surface area contributed by atoms with Gasteiger partial charge in [0, 0.05) is 19.6 Å². The van der Waals surface area contributed by atoms with Gasteiger partial charge in [-0.3, -0.25) is 0 Å². The van der Waals surface area contributed by atoms with Crippen LogP contribution in [0.5, 0.6) is 0 Å². The van der Waals surface area contributed by atoms with Gasteiger partial charge >= 0.3 is 6.09 Å². The first kappa shape index (κ1) is 15.4. The predicted molar refractivity (Wildman–Crippen MR) is 72.1 cm³/mol. The fraction of sp³-hybridized carbons (Fsp3) is 0.500. The van der Waals surface area contributed by atoms with Gasteiger partial charge < -0.3 is 15.4 Å². The third-order valence-corrected chi connectivity index (χ3v) is 2.34. The lowest BCUT2D eigenvalue weighted by Gasteiger charge is -2.27. The van der Waals surface area contributed by atoms with Crippen LogP contribution >= 0.6 is 0 Å². The van der Waals surface area contributed by atoms with E-state index in [2.05, 4.69) is 0 Å². The number of carbonyl (C=O) groups is 1. The van der Waals surface area contributed by atoms with E-state index in [1.807, 2.05) is 20.8 Å². The second kappa shape index (κ2) is 6.52. The summed E-state index contributed by atoms with van der Waals surface area (Å²) in [5, 5.41) is 0. The molecule has 4 nitrogen and oxygen atoms in total. The minimum Gasteiger partial charge on any atom is -0.444 e. The highest BCUT2D eigenvalue weighted by Crippen LogP contribution is 2.12. The Kier molecular flexibility index (Phi) is 5.30. The highest BCUT2D eigenvalue weighted by molar-refractivity contribution is 5.68. The van der Waals surface area contributed by atoms with Gasteiger partial charge in [-0.2, -0.15) is 0 Å². The third-order valence-electron chi connectivity index (χ3n) is 2.34. The average molecular weight is 268 g/mol. The molecule has 1 aromatic rings. The van der Waals surface area contributed by atoms with Gasteiger partial charge in [-0.1, -0.05) is 12.1 Å². The van der Waals surface area contributed by atoms with Crippen molar-refractivity contribution in [3.63, 3.8) is 0 Å². The van der Waals surface area contributed by atoms with E-state index in [1.54, 1.807) is 12.1 Å². The van der Waals surface area contributed by atoms with Gasteiger partial charge in [0.05, 0.1) is 0 Å². The number of ether oxygens (including phenoxy) is 1. The Bertz CT molecular complexity index is 412. The van der Waals surface area contributed by atoms with Gasteiger partial charge in [0.1, 0.15) is 11.4 Å². The molecule has 0 atom stereocenters. The van der Waals surface area contributed by atoms with Crippen LogP contribution in [-0.2, 0) is 11.3 Å². The highest BCUT2D eigenvalue weighted by atomic mass is 19.1. The van der Waals surface area contributed by atoms with E-state index in [0.29, 0.717) is 19.6 Å². The largest absolute Gasteiger partial charge is 0.444 e. The minimum absolute atomic E-state index is 0.300. The van der Waals surface area contributed by atoms with Crippen molar-refractivity contribution in [3.8, 4) is 0 Å². The van der Waals surface area contributed by atoms with Crippen LogP contribution in [-0.4, -0.2) is 29.7 Å². The van der Waals surface area contributed by atoms with Crippen molar-refractivity contribution in [1.29, 1.82) is 0 Å². The molecule has 0 spiro atoms. The molecule has 0 bridgehead atoms. The molecule has 1 amide bonds. The molecule has 0 radical (unpaired) electrons. The summed E-state index contributed by atoms with van der Waals surface area (Å²) in [7, 11) is 0. The molecule has 5 heteroatoms. The van der Waals surface area contributed by atoms with Gasteiger partial charge in [-0.15, -0.1) is 0 Å². The number of carbonyl (C=O) groups excluding carboxylic acids is 1. The standard InChI is InChI=1S/C14H21FN2O2/c1-14(2,3)19-13(18)17(9-8-16)10-11-4-6-12(15)7-5-11/h4-7H,8-10,16H2,1-3H3. The highest BCUT2D eigenvalue weighted by Gasteiger charge is 2.21. The average Bonchev–Trinajstić information content (AvgIpc) is 2.29. The number of amides is 1. The van der Waals surface area contributed by atoms with Crippen molar-refractivity contribution in [2.75, 3.05) is 13.1 Å². The Labute approximate surface area is 113 Å². The molecule has 0 aliphatic carbocycles. The van der Waals surface area contributed by atoms with E-state index in [0.717, 1.165) is 5.56 Å². The molecule has 0 fully saturated rings. The molecular weight excluding hydrogens is 247 g/mol. The van der Waals surface area contributed by atoms with Crippen LogP contribution < -0.4 is 5.73 Å². The number of rotatable bonds is 4. The van der Waals surface area contributed by atoms with Gasteiger partial charge in [0.2, 0.25) is 0 Å². The smallest absolute Gasteiger partial charge is 0.410 e. The Balaban J connectivity index is 2.72. The van der Waals surface area contributed by atoms with E-state index in [9.17, 15) is 9.18 Å². The van der Waals surface area contributed by atoms with Crippen LogP contribution in [0.1, 0.15) is 26.3 Å². The van der Waals surface area contributed by atoms with Crippen molar-refractivity contribution in [3.05, 3.63) is 35.6 Å². The maximum Gasteiger partial charge on any atom is 0.410 e. The van der Waals surface area contributed by atoms with Crippen LogP contribution in [0.25, 0.3) is 0 Å². The van der Waals surface area contributed by atoms with Crippen molar-refractivity contribution < 1.29 is 13.9 Å². The first-order valence-electron chi connectivity index (χ1n) is 6.24. The fourth-order valence-electron chi connectivity index (χ4n) is 1.53. The number of halogens is 1. The lowest BCUT2D eigenvalue weighted by Crippen LogP contribution is -2.39. The van der Waals surface area contributed by atoms with Crippen molar-refractivity contribution >= 4 is 6.09 Å². The van der Waals surface area contributed by atoms with Crippen molar-refractivity contribution in [2.45, 2.75) is 32.9 Å². The topological polar surface area (TPSA) is 55.6 Å². The third kappa shape index (κ3) is 5.70. The zero-order valence-corrected chi connectivity index (χ0v) is 11.6. The molecule has 0 aliphatic rings. The van der Waals surface area contributed by atoms with E-state index >= 15 is 0 Å².